The Bertz CT molecular complexity index is 1140. The lowest BCUT2D eigenvalue weighted by Crippen LogP contribution is -2.33. The summed E-state index contributed by atoms with van der Waals surface area (Å²) in [5.74, 6) is -0.242. The first kappa shape index (κ1) is 24.1. The summed E-state index contributed by atoms with van der Waals surface area (Å²) in [5, 5.41) is 3.26. The zero-order valence-corrected chi connectivity index (χ0v) is 21.4. The minimum Gasteiger partial charge on any atom is -0.298 e. The van der Waals surface area contributed by atoms with Gasteiger partial charge in [-0.1, -0.05) is 38.0 Å². The number of unbranched alkanes of at least 4 members (excludes halogenated alkanes) is 2. The molecular formula is C22H26IN3O3S2. The van der Waals surface area contributed by atoms with Gasteiger partial charge in [0.05, 0.1) is 15.1 Å². The number of nitrogens with zero attached hydrogens (tertiary/aromatic N) is 2. The van der Waals surface area contributed by atoms with Crippen LogP contribution in [0.25, 0.3) is 10.2 Å². The van der Waals surface area contributed by atoms with Crippen LogP contribution in [-0.2, 0) is 10.0 Å². The molecule has 0 spiro atoms. The van der Waals surface area contributed by atoms with Crippen molar-refractivity contribution < 1.29 is 13.2 Å². The molecule has 1 N–H and O–H groups in total. The SMILES string of the molecule is CCCCN(CCCC)S(=O)(=O)c1ccc2nc(NC(=O)c3ccc(I)cc3)sc2c1. The minimum absolute atomic E-state index is 0.242. The molecule has 2 aromatic carbocycles. The third-order valence-electron chi connectivity index (χ3n) is 4.85. The summed E-state index contributed by atoms with van der Waals surface area (Å²) in [6, 6.07) is 12.2. The number of thiazole rings is 1. The van der Waals surface area contributed by atoms with Crippen molar-refractivity contribution in [1.82, 2.24) is 9.29 Å². The molecule has 0 saturated heterocycles. The third kappa shape index (κ3) is 6.03. The monoisotopic (exact) mass is 571 g/mol. The highest BCUT2D eigenvalue weighted by Gasteiger charge is 2.24. The Morgan fingerprint density at radius 2 is 1.71 bits per heavy atom. The van der Waals surface area contributed by atoms with E-state index in [0.717, 1.165) is 34.0 Å². The summed E-state index contributed by atoms with van der Waals surface area (Å²) >= 11 is 3.46. The highest BCUT2D eigenvalue weighted by atomic mass is 127. The summed E-state index contributed by atoms with van der Waals surface area (Å²) in [6.07, 6.45) is 3.55. The van der Waals surface area contributed by atoms with Gasteiger partial charge in [0.25, 0.3) is 5.91 Å². The van der Waals surface area contributed by atoms with E-state index >= 15 is 0 Å². The van der Waals surface area contributed by atoms with Crippen molar-refractivity contribution in [3.8, 4) is 0 Å². The molecule has 0 aliphatic heterocycles. The second-order valence-electron chi connectivity index (χ2n) is 7.22. The normalized spacial score (nSPS) is 11.9. The van der Waals surface area contributed by atoms with E-state index in [0.29, 0.717) is 29.3 Å². The van der Waals surface area contributed by atoms with Gasteiger partial charge in [-0.05, 0) is 77.9 Å². The molecule has 1 heterocycles. The number of aromatic nitrogens is 1. The fraction of sp³-hybridized carbons (Fsp3) is 0.364. The fourth-order valence-electron chi connectivity index (χ4n) is 3.06. The molecule has 0 atom stereocenters. The zero-order chi connectivity index (χ0) is 22.4. The third-order valence-corrected chi connectivity index (χ3v) is 8.39. The molecule has 0 fully saturated rings. The smallest absolute Gasteiger partial charge is 0.257 e. The van der Waals surface area contributed by atoms with E-state index in [1.165, 1.54) is 11.3 Å². The van der Waals surface area contributed by atoms with Gasteiger partial charge >= 0.3 is 0 Å². The average molecular weight is 572 g/mol. The first-order valence-corrected chi connectivity index (χ1v) is 13.7. The molecule has 0 radical (unpaired) electrons. The molecule has 1 aromatic heterocycles. The number of carbonyl (C=O) groups is 1. The summed E-state index contributed by atoms with van der Waals surface area (Å²) in [7, 11) is -3.57. The maximum atomic E-state index is 13.2. The van der Waals surface area contributed by atoms with Gasteiger partial charge in [0, 0.05) is 22.2 Å². The van der Waals surface area contributed by atoms with Gasteiger partial charge < -0.3 is 0 Å². The summed E-state index contributed by atoms with van der Waals surface area (Å²) in [5.41, 5.74) is 1.21. The second kappa shape index (κ2) is 10.8. The van der Waals surface area contributed by atoms with Crippen molar-refractivity contribution >= 4 is 65.2 Å². The van der Waals surface area contributed by atoms with Crippen LogP contribution in [0.15, 0.2) is 47.4 Å². The standard InChI is InChI=1S/C22H26IN3O3S2/c1-3-5-13-26(14-6-4-2)31(28,29)18-11-12-19-20(15-18)30-22(24-19)25-21(27)16-7-9-17(23)10-8-16/h7-12,15H,3-6,13-14H2,1-2H3,(H,24,25,27). The minimum atomic E-state index is -3.57. The molecular weight excluding hydrogens is 545 g/mol. The van der Waals surface area contributed by atoms with E-state index < -0.39 is 10.0 Å². The van der Waals surface area contributed by atoms with Gasteiger partial charge in [0.2, 0.25) is 10.0 Å². The van der Waals surface area contributed by atoms with Crippen molar-refractivity contribution in [3.05, 3.63) is 51.6 Å². The van der Waals surface area contributed by atoms with Gasteiger partial charge in [0.15, 0.2) is 5.13 Å². The van der Waals surface area contributed by atoms with Gasteiger partial charge in [-0.15, -0.1) is 0 Å². The number of benzene rings is 2. The maximum Gasteiger partial charge on any atom is 0.257 e. The Morgan fingerprint density at radius 1 is 1.06 bits per heavy atom. The van der Waals surface area contributed by atoms with Crippen LogP contribution in [0.5, 0.6) is 0 Å². The lowest BCUT2D eigenvalue weighted by Gasteiger charge is -2.21. The number of carbonyl (C=O) groups excluding carboxylic acids is 1. The largest absolute Gasteiger partial charge is 0.298 e. The number of fused-ring (bicyclic) bond motifs is 1. The highest BCUT2D eigenvalue weighted by molar-refractivity contribution is 14.1. The molecule has 0 bridgehead atoms. The lowest BCUT2D eigenvalue weighted by atomic mass is 10.2. The number of nitrogens with one attached hydrogen (secondary N) is 1. The molecule has 166 valence electrons. The Hall–Kier alpha value is -1.56. The molecule has 0 aliphatic carbocycles. The van der Waals surface area contributed by atoms with Crippen LogP contribution in [0.4, 0.5) is 5.13 Å². The van der Waals surface area contributed by atoms with Crippen molar-refractivity contribution in [1.29, 1.82) is 0 Å². The summed E-state index contributed by atoms with van der Waals surface area (Å²) in [4.78, 5) is 17.2. The van der Waals surface area contributed by atoms with Crippen LogP contribution in [0, 0.1) is 3.57 Å². The highest BCUT2D eigenvalue weighted by Crippen LogP contribution is 2.30. The Balaban J connectivity index is 1.83. The van der Waals surface area contributed by atoms with Crippen LogP contribution < -0.4 is 5.32 Å². The van der Waals surface area contributed by atoms with Crippen LogP contribution in [-0.4, -0.2) is 36.7 Å². The number of rotatable bonds is 10. The number of anilines is 1. The quantitative estimate of drug-likeness (QED) is 0.315. The van der Waals surface area contributed by atoms with Crippen LogP contribution in [0.3, 0.4) is 0 Å². The first-order chi connectivity index (χ1) is 14.8. The van der Waals surface area contributed by atoms with Crippen LogP contribution in [0.1, 0.15) is 49.9 Å². The fourth-order valence-corrected chi connectivity index (χ4v) is 5.94. The molecule has 0 unspecified atom stereocenters. The van der Waals surface area contributed by atoms with Crippen molar-refractivity contribution in [3.63, 3.8) is 0 Å². The number of hydrogen-bond donors (Lipinski definition) is 1. The van der Waals surface area contributed by atoms with Gasteiger partial charge in [-0.3, -0.25) is 10.1 Å². The molecule has 3 rings (SSSR count). The van der Waals surface area contributed by atoms with Crippen LogP contribution >= 0.6 is 33.9 Å². The lowest BCUT2D eigenvalue weighted by molar-refractivity contribution is 0.102. The van der Waals surface area contributed by atoms with E-state index in [-0.39, 0.29) is 10.8 Å². The zero-order valence-electron chi connectivity index (χ0n) is 17.6. The van der Waals surface area contributed by atoms with E-state index in [4.69, 9.17) is 0 Å². The number of sulfonamides is 1. The molecule has 31 heavy (non-hydrogen) atoms. The van der Waals surface area contributed by atoms with Crippen LogP contribution in [0.2, 0.25) is 0 Å². The molecule has 1 amide bonds. The number of amides is 1. The van der Waals surface area contributed by atoms with Gasteiger partial charge in [-0.2, -0.15) is 4.31 Å². The van der Waals surface area contributed by atoms with Gasteiger partial charge in [-0.25, -0.2) is 13.4 Å². The predicted octanol–water partition coefficient (Wildman–Crippen LogP) is 5.74. The Morgan fingerprint density at radius 3 is 2.32 bits per heavy atom. The number of hydrogen-bond acceptors (Lipinski definition) is 5. The van der Waals surface area contributed by atoms with E-state index in [1.807, 2.05) is 12.1 Å². The van der Waals surface area contributed by atoms with E-state index in [1.54, 1.807) is 34.6 Å². The van der Waals surface area contributed by atoms with Crippen molar-refractivity contribution in [2.45, 2.75) is 44.4 Å². The van der Waals surface area contributed by atoms with Crippen molar-refractivity contribution in [2.75, 3.05) is 18.4 Å². The molecule has 3 aromatic rings. The summed E-state index contributed by atoms with van der Waals surface area (Å²) in [6.45, 7) is 5.16. The molecule has 6 nitrogen and oxygen atoms in total. The summed E-state index contributed by atoms with van der Waals surface area (Å²) < 4.78 is 29.8. The predicted molar refractivity (Wildman–Crippen MR) is 135 cm³/mol. The molecule has 9 heteroatoms. The van der Waals surface area contributed by atoms with Gasteiger partial charge in [0.1, 0.15) is 0 Å². The van der Waals surface area contributed by atoms with E-state index in [2.05, 4.69) is 46.7 Å². The maximum absolute atomic E-state index is 13.2. The first-order valence-electron chi connectivity index (χ1n) is 10.3. The molecule has 0 saturated carbocycles. The van der Waals surface area contributed by atoms with Crippen molar-refractivity contribution in [2.24, 2.45) is 0 Å². The molecule has 0 aliphatic rings. The Kier molecular flexibility index (Phi) is 8.43. The average Bonchev–Trinajstić information content (AvgIpc) is 3.15. The topological polar surface area (TPSA) is 79.4 Å². The second-order valence-corrected chi connectivity index (χ2v) is 11.4. The Labute approximate surface area is 201 Å². The number of halogens is 1. The van der Waals surface area contributed by atoms with E-state index in [9.17, 15) is 13.2 Å².